The fourth-order valence-corrected chi connectivity index (χ4v) is 3.38. The van der Waals surface area contributed by atoms with Gasteiger partial charge >= 0.3 is 0 Å². The van der Waals surface area contributed by atoms with Crippen molar-refractivity contribution >= 4 is 5.91 Å². The molecule has 4 aromatic rings. The summed E-state index contributed by atoms with van der Waals surface area (Å²) in [6, 6.07) is 29.1. The normalized spacial score (nSPS) is 10.7. The van der Waals surface area contributed by atoms with E-state index in [4.69, 9.17) is 4.42 Å². The number of rotatable bonds is 7. The largest absolute Gasteiger partial charge is 0.467 e. The van der Waals surface area contributed by atoms with Crippen LogP contribution in [0.1, 0.15) is 27.2 Å². The van der Waals surface area contributed by atoms with Crippen molar-refractivity contribution in [3.63, 3.8) is 0 Å². The monoisotopic (exact) mass is 397 g/mol. The van der Waals surface area contributed by atoms with Crippen LogP contribution >= 0.6 is 0 Å². The number of nitrogens with zero attached hydrogens (tertiary/aromatic N) is 1. The molecule has 0 atom stereocenters. The SMILES string of the molecule is O=C(c1ccccc1)N(Cc1ccc(-c2ccc(CO)cc2)cc1)Cc1ccco1. The fraction of sp³-hybridized carbons (Fsp3) is 0.115. The van der Waals surface area contributed by atoms with Gasteiger partial charge in [-0.05, 0) is 46.5 Å². The third-order valence-electron chi connectivity index (χ3n) is 5.03. The first-order chi connectivity index (χ1) is 14.7. The number of hydrogen-bond acceptors (Lipinski definition) is 3. The summed E-state index contributed by atoms with van der Waals surface area (Å²) in [5, 5.41) is 9.20. The second-order valence-corrected chi connectivity index (χ2v) is 7.16. The van der Waals surface area contributed by atoms with Gasteiger partial charge in [0.1, 0.15) is 5.76 Å². The van der Waals surface area contributed by atoms with E-state index in [-0.39, 0.29) is 12.5 Å². The highest BCUT2D eigenvalue weighted by Gasteiger charge is 2.17. The Morgan fingerprint density at radius 1 is 0.733 bits per heavy atom. The van der Waals surface area contributed by atoms with Gasteiger partial charge < -0.3 is 14.4 Å². The number of carbonyl (C=O) groups is 1. The van der Waals surface area contributed by atoms with Crippen molar-refractivity contribution in [3.8, 4) is 11.1 Å². The number of furan rings is 1. The molecule has 30 heavy (non-hydrogen) atoms. The summed E-state index contributed by atoms with van der Waals surface area (Å²) in [5.74, 6) is 0.718. The molecule has 1 N–H and O–H groups in total. The molecule has 0 aliphatic heterocycles. The number of aliphatic hydroxyl groups is 1. The van der Waals surface area contributed by atoms with Crippen LogP contribution in [-0.4, -0.2) is 15.9 Å². The molecule has 0 aliphatic carbocycles. The summed E-state index contributed by atoms with van der Waals surface area (Å²) in [4.78, 5) is 14.9. The smallest absolute Gasteiger partial charge is 0.254 e. The van der Waals surface area contributed by atoms with E-state index in [1.54, 1.807) is 11.2 Å². The zero-order valence-electron chi connectivity index (χ0n) is 16.6. The topological polar surface area (TPSA) is 53.7 Å². The standard InChI is InChI=1S/C26H23NO3/c28-19-21-10-14-23(15-11-21)22-12-8-20(9-13-22)17-27(18-25-7-4-16-30-25)26(29)24-5-2-1-3-6-24/h1-16,28H,17-19H2. The van der Waals surface area contributed by atoms with Crippen molar-refractivity contribution in [1.82, 2.24) is 4.90 Å². The molecule has 3 aromatic carbocycles. The summed E-state index contributed by atoms with van der Waals surface area (Å²) in [6.07, 6.45) is 1.62. The van der Waals surface area contributed by atoms with Crippen LogP contribution in [-0.2, 0) is 19.7 Å². The average molecular weight is 397 g/mol. The van der Waals surface area contributed by atoms with Crippen molar-refractivity contribution in [2.45, 2.75) is 19.7 Å². The van der Waals surface area contributed by atoms with Gasteiger partial charge in [0.15, 0.2) is 0 Å². The van der Waals surface area contributed by atoms with E-state index < -0.39 is 0 Å². The van der Waals surface area contributed by atoms with E-state index in [1.807, 2.05) is 78.9 Å². The Bertz CT molecular complexity index is 1070. The maximum atomic E-state index is 13.1. The minimum absolute atomic E-state index is 0.0318. The number of amides is 1. The Morgan fingerprint density at radius 2 is 1.37 bits per heavy atom. The Morgan fingerprint density at radius 3 is 1.93 bits per heavy atom. The highest BCUT2D eigenvalue weighted by molar-refractivity contribution is 5.94. The van der Waals surface area contributed by atoms with Crippen LogP contribution in [0.25, 0.3) is 11.1 Å². The van der Waals surface area contributed by atoms with Crippen LogP contribution in [0.4, 0.5) is 0 Å². The zero-order chi connectivity index (χ0) is 20.8. The van der Waals surface area contributed by atoms with Crippen molar-refractivity contribution in [2.24, 2.45) is 0 Å². The molecule has 4 nitrogen and oxygen atoms in total. The van der Waals surface area contributed by atoms with Crippen LogP contribution in [0.3, 0.4) is 0 Å². The van der Waals surface area contributed by atoms with Gasteiger partial charge in [-0.25, -0.2) is 0 Å². The van der Waals surface area contributed by atoms with Gasteiger partial charge in [-0.3, -0.25) is 4.79 Å². The van der Waals surface area contributed by atoms with Crippen LogP contribution in [0.5, 0.6) is 0 Å². The van der Waals surface area contributed by atoms with E-state index in [2.05, 4.69) is 12.1 Å². The predicted octanol–water partition coefficient (Wildman–Crippen LogP) is 5.28. The third kappa shape index (κ3) is 4.67. The van der Waals surface area contributed by atoms with Gasteiger partial charge in [-0.15, -0.1) is 0 Å². The molecule has 0 saturated carbocycles. The molecule has 0 radical (unpaired) electrons. The van der Waals surface area contributed by atoms with Gasteiger partial charge in [-0.2, -0.15) is 0 Å². The maximum absolute atomic E-state index is 13.1. The van der Waals surface area contributed by atoms with E-state index in [1.165, 1.54) is 0 Å². The predicted molar refractivity (Wildman–Crippen MR) is 117 cm³/mol. The molecule has 0 unspecified atom stereocenters. The molecule has 0 fully saturated rings. The molecular weight excluding hydrogens is 374 g/mol. The first kappa shape index (κ1) is 19.7. The van der Waals surface area contributed by atoms with E-state index in [0.717, 1.165) is 28.0 Å². The first-order valence-electron chi connectivity index (χ1n) is 9.89. The molecule has 1 heterocycles. The molecule has 1 amide bonds. The lowest BCUT2D eigenvalue weighted by atomic mass is 10.0. The van der Waals surface area contributed by atoms with Crippen LogP contribution < -0.4 is 0 Å². The molecule has 1 aromatic heterocycles. The summed E-state index contributed by atoms with van der Waals surface area (Å²) < 4.78 is 5.47. The summed E-state index contributed by atoms with van der Waals surface area (Å²) in [7, 11) is 0. The molecule has 4 heteroatoms. The molecular formula is C26H23NO3. The summed E-state index contributed by atoms with van der Waals surface area (Å²) in [6.45, 7) is 0.934. The minimum Gasteiger partial charge on any atom is -0.467 e. The third-order valence-corrected chi connectivity index (χ3v) is 5.03. The van der Waals surface area contributed by atoms with Crippen LogP contribution in [0, 0.1) is 0 Å². The van der Waals surface area contributed by atoms with Crippen molar-refractivity contribution in [1.29, 1.82) is 0 Å². The maximum Gasteiger partial charge on any atom is 0.254 e. The Labute approximate surface area is 176 Å². The Hall–Kier alpha value is -3.63. The lowest BCUT2D eigenvalue weighted by Crippen LogP contribution is -2.30. The summed E-state index contributed by atoms with van der Waals surface area (Å²) in [5.41, 5.74) is 4.77. The van der Waals surface area contributed by atoms with Gasteiger partial charge in [0.05, 0.1) is 19.4 Å². The molecule has 0 spiro atoms. The lowest BCUT2D eigenvalue weighted by molar-refractivity contribution is 0.0717. The van der Waals surface area contributed by atoms with Gasteiger partial charge in [0.2, 0.25) is 0 Å². The van der Waals surface area contributed by atoms with Crippen LogP contribution in [0.15, 0.2) is 102 Å². The molecule has 0 aliphatic rings. The summed E-state index contributed by atoms with van der Waals surface area (Å²) >= 11 is 0. The van der Waals surface area contributed by atoms with Crippen molar-refractivity contribution < 1.29 is 14.3 Å². The quantitative estimate of drug-likeness (QED) is 0.461. The number of aliphatic hydroxyl groups excluding tert-OH is 1. The molecule has 4 rings (SSSR count). The lowest BCUT2D eigenvalue weighted by Gasteiger charge is -2.22. The van der Waals surface area contributed by atoms with Crippen molar-refractivity contribution in [2.75, 3.05) is 0 Å². The minimum atomic E-state index is -0.0318. The van der Waals surface area contributed by atoms with Crippen molar-refractivity contribution in [3.05, 3.63) is 120 Å². The highest BCUT2D eigenvalue weighted by atomic mass is 16.3. The number of carbonyl (C=O) groups excluding carboxylic acids is 1. The molecule has 0 bridgehead atoms. The Balaban J connectivity index is 1.53. The fourth-order valence-electron chi connectivity index (χ4n) is 3.38. The second-order valence-electron chi connectivity index (χ2n) is 7.16. The van der Waals surface area contributed by atoms with E-state index in [0.29, 0.717) is 18.7 Å². The van der Waals surface area contributed by atoms with Gasteiger partial charge in [0.25, 0.3) is 5.91 Å². The van der Waals surface area contributed by atoms with E-state index >= 15 is 0 Å². The van der Waals surface area contributed by atoms with Gasteiger partial charge in [0, 0.05) is 12.1 Å². The number of benzene rings is 3. The molecule has 150 valence electrons. The Kier molecular flexibility index (Phi) is 6.06. The van der Waals surface area contributed by atoms with Crippen LogP contribution in [0.2, 0.25) is 0 Å². The highest BCUT2D eigenvalue weighted by Crippen LogP contribution is 2.22. The average Bonchev–Trinajstić information content (AvgIpc) is 3.32. The molecule has 0 saturated heterocycles. The zero-order valence-corrected chi connectivity index (χ0v) is 16.6. The second kappa shape index (κ2) is 9.25. The first-order valence-corrected chi connectivity index (χ1v) is 9.89. The van der Waals surface area contributed by atoms with Gasteiger partial charge in [-0.1, -0.05) is 66.7 Å². The number of hydrogen-bond donors (Lipinski definition) is 1. The van der Waals surface area contributed by atoms with E-state index in [9.17, 15) is 9.90 Å².